The molecule has 0 saturated carbocycles. The smallest absolute Gasteiger partial charge is 0.269 e. The number of likely N-dealkylation sites (N-methyl/N-ethyl adjacent to an activating group) is 1. The average molecular weight is 522 g/mol. The number of hydrogen-bond acceptors (Lipinski definition) is 7. The van der Waals surface area contributed by atoms with Gasteiger partial charge in [-0.2, -0.15) is 0 Å². The zero-order valence-corrected chi connectivity index (χ0v) is 21.0. The minimum atomic E-state index is -0.449. The van der Waals surface area contributed by atoms with Crippen LogP contribution in [0, 0.1) is 15.9 Å². The topological polar surface area (TPSA) is 94.3 Å². The summed E-state index contributed by atoms with van der Waals surface area (Å²) in [6, 6.07) is 17.3. The molecule has 0 atom stereocenters. The summed E-state index contributed by atoms with van der Waals surface area (Å²) >= 11 is 1.25. The van der Waals surface area contributed by atoms with Crippen LogP contribution in [0.4, 0.5) is 15.8 Å². The Morgan fingerprint density at radius 1 is 1.03 bits per heavy atom. The molecule has 0 aliphatic carbocycles. The molecule has 1 aliphatic heterocycles. The summed E-state index contributed by atoms with van der Waals surface area (Å²) in [7, 11) is 0. The van der Waals surface area contributed by atoms with E-state index >= 15 is 0 Å². The third kappa shape index (κ3) is 6.34. The third-order valence-electron chi connectivity index (χ3n) is 5.36. The number of rotatable bonds is 9. The molecular formula is C27H24FN3O5S. The van der Waals surface area contributed by atoms with Crippen LogP contribution < -0.4 is 9.47 Å². The van der Waals surface area contributed by atoms with E-state index in [0.717, 1.165) is 11.1 Å². The predicted molar refractivity (Wildman–Crippen MR) is 141 cm³/mol. The molecule has 1 aliphatic rings. The monoisotopic (exact) mass is 521 g/mol. The van der Waals surface area contributed by atoms with Gasteiger partial charge >= 0.3 is 0 Å². The number of hydrogen-bond donors (Lipinski definition) is 0. The van der Waals surface area contributed by atoms with Crippen LogP contribution >= 0.6 is 11.8 Å². The Bertz CT molecular complexity index is 1360. The molecule has 0 bridgehead atoms. The largest absolute Gasteiger partial charge is 0.490 e. The zero-order valence-electron chi connectivity index (χ0n) is 20.2. The van der Waals surface area contributed by atoms with Crippen molar-refractivity contribution in [2.45, 2.75) is 20.5 Å². The number of carbonyl (C=O) groups excluding carboxylic acids is 1. The molecule has 3 aromatic rings. The number of thioether (sulfide) groups is 1. The van der Waals surface area contributed by atoms with E-state index in [0.29, 0.717) is 40.4 Å². The molecule has 1 saturated heterocycles. The molecule has 0 unspecified atom stereocenters. The molecular weight excluding hydrogens is 497 g/mol. The summed E-state index contributed by atoms with van der Waals surface area (Å²) in [6.45, 7) is 4.80. The first-order valence-corrected chi connectivity index (χ1v) is 12.4. The lowest BCUT2D eigenvalue weighted by Gasteiger charge is -2.13. The van der Waals surface area contributed by atoms with Gasteiger partial charge < -0.3 is 9.47 Å². The van der Waals surface area contributed by atoms with E-state index < -0.39 is 4.92 Å². The van der Waals surface area contributed by atoms with Crippen LogP contribution in [0.5, 0.6) is 11.5 Å². The third-order valence-corrected chi connectivity index (χ3v) is 6.37. The van der Waals surface area contributed by atoms with E-state index in [2.05, 4.69) is 4.99 Å². The zero-order chi connectivity index (χ0) is 26.4. The van der Waals surface area contributed by atoms with Crippen LogP contribution in [-0.4, -0.2) is 34.0 Å². The molecule has 1 heterocycles. The number of amidine groups is 1. The number of nitrogens with zero attached hydrogens (tertiary/aromatic N) is 3. The number of benzene rings is 3. The fourth-order valence-corrected chi connectivity index (χ4v) is 4.59. The SMILES string of the molecule is CCOc1cc(/C=C2/SC(=Nc3ccc(F)cc3)N(CC)C2=O)ccc1OCc1ccc([N+](=O)[O-])cc1. The number of amides is 1. The Morgan fingerprint density at radius 3 is 2.41 bits per heavy atom. The Morgan fingerprint density at radius 2 is 1.76 bits per heavy atom. The highest BCUT2D eigenvalue weighted by molar-refractivity contribution is 8.18. The number of carbonyl (C=O) groups is 1. The van der Waals surface area contributed by atoms with Crippen molar-refractivity contribution in [3.8, 4) is 11.5 Å². The van der Waals surface area contributed by atoms with Crippen molar-refractivity contribution in [2.75, 3.05) is 13.2 Å². The molecule has 10 heteroatoms. The Labute approximate surface area is 217 Å². The van der Waals surface area contributed by atoms with Crippen LogP contribution in [0.1, 0.15) is 25.0 Å². The maximum Gasteiger partial charge on any atom is 0.269 e. The molecule has 1 fully saturated rings. The molecule has 0 aromatic heterocycles. The number of aliphatic imine (C=N–C) groups is 1. The first kappa shape index (κ1) is 25.9. The quantitative estimate of drug-likeness (QED) is 0.185. The second kappa shape index (κ2) is 11.7. The number of nitro groups is 1. The summed E-state index contributed by atoms with van der Waals surface area (Å²) in [5.41, 5.74) is 2.11. The van der Waals surface area contributed by atoms with Gasteiger partial charge in [0, 0.05) is 18.7 Å². The molecule has 1 amide bonds. The van der Waals surface area contributed by atoms with Gasteiger partial charge in [0.1, 0.15) is 12.4 Å². The maximum atomic E-state index is 13.2. The number of nitro benzene ring substituents is 1. The van der Waals surface area contributed by atoms with E-state index in [-0.39, 0.29) is 24.0 Å². The lowest BCUT2D eigenvalue weighted by Crippen LogP contribution is -2.28. The summed E-state index contributed by atoms with van der Waals surface area (Å²) in [5.74, 6) is 0.519. The van der Waals surface area contributed by atoms with Crippen LogP contribution in [0.2, 0.25) is 0 Å². The van der Waals surface area contributed by atoms with Crippen molar-refractivity contribution in [3.05, 3.63) is 98.7 Å². The van der Waals surface area contributed by atoms with Crippen molar-refractivity contribution in [2.24, 2.45) is 4.99 Å². The van der Waals surface area contributed by atoms with Gasteiger partial charge in [0.15, 0.2) is 16.7 Å². The lowest BCUT2D eigenvalue weighted by molar-refractivity contribution is -0.384. The molecule has 8 nitrogen and oxygen atoms in total. The molecule has 190 valence electrons. The second-order valence-electron chi connectivity index (χ2n) is 7.88. The molecule has 0 spiro atoms. The Hall–Kier alpha value is -4.18. The van der Waals surface area contributed by atoms with Crippen molar-refractivity contribution < 1.29 is 23.6 Å². The van der Waals surface area contributed by atoms with Crippen LogP contribution in [0.3, 0.4) is 0 Å². The second-order valence-corrected chi connectivity index (χ2v) is 8.89. The van der Waals surface area contributed by atoms with Crippen molar-refractivity contribution in [3.63, 3.8) is 0 Å². The van der Waals surface area contributed by atoms with Gasteiger partial charge in [0.05, 0.1) is 22.1 Å². The van der Waals surface area contributed by atoms with E-state index in [4.69, 9.17) is 9.47 Å². The highest BCUT2D eigenvalue weighted by Crippen LogP contribution is 2.36. The van der Waals surface area contributed by atoms with Crippen LogP contribution in [-0.2, 0) is 11.4 Å². The molecule has 4 rings (SSSR count). The molecule has 3 aromatic carbocycles. The summed E-state index contributed by atoms with van der Waals surface area (Å²) in [4.78, 5) is 30.0. The van der Waals surface area contributed by atoms with E-state index in [1.807, 2.05) is 19.9 Å². The van der Waals surface area contributed by atoms with Crippen molar-refractivity contribution in [1.29, 1.82) is 0 Å². The highest BCUT2D eigenvalue weighted by Gasteiger charge is 2.32. The lowest BCUT2D eigenvalue weighted by atomic mass is 10.1. The van der Waals surface area contributed by atoms with Crippen molar-refractivity contribution >= 4 is 40.3 Å². The Balaban J connectivity index is 1.53. The van der Waals surface area contributed by atoms with Gasteiger partial charge in [-0.25, -0.2) is 9.38 Å². The number of ether oxygens (including phenoxy) is 2. The predicted octanol–water partition coefficient (Wildman–Crippen LogP) is 6.34. The summed E-state index contributed by atoms with van der Waals surface area (Å²) < 4.78 is 24.9. The van der Waals surface area contributed by atoms with Gasteiger partial charge in [0.2, 0.25) is 0 Å². The highest BCUT2D eigenvalue weighted by atomic mass is 32.2. The first-order valence-electron chi connectivity index (χ1n) is 11.6. The molecule has 37 heavy (non-hydrogen) atoms. The van der Waals surface area contributed by atoms with E-state index in [1.165, 1.54) is 36.0 Å². The van der Waals surface area contributed by atoms with Gasteiger partial charge in [0.25, 0.3) is 11.6 Å². The number of halogens is 1. The van der Waals surface area contributed by atoms with Gasteiger partial charge in [-0.3, -0.25) is 19.8 Å². The fraction of sp³-hybridized carbons (Fsp3) is 0.185. The van der Waals surface area contributed by atoms with Crippen LogP contribution in [0.15, 0.2) is 76.6 Å². The standard InChI is InChI=1S/C27H24FN3O5S/c1-3-30-26(32)25(37-27(30)29-21-10-8-20(28)9-11-21)16-19-7-14-23(24(15-19)35-4-2)36-17-18-5-12-22(13-6-18)31(33)34/h5-16H,3-4,17H2,1-2H3/b25-16+,29-27?. The van der Waals surface area contributed by atoms with Crippen molar-refractivity contribution in [1.82, 2.24) is 4.90 Å². The van der Waals surface area contributed by atoms with Crippen LogP contribution in [0.25, 0.3) is 6.08 Å². The van der Waals surface area contributed by atoms with E-state index in [9.17, 15) is 19.3 Å². The van der Waals surface area contributed by atoms with Gasteiger partial charge in [-0.05, 0) is 91.3 Å². The van der Waals surface area contributed by atoms with Gasteiger partial charge in [-0.15, -0.1) is 0 Å². The summed E-state index contributed by atoms with van der Waals surface area (Å²) in [6.07, 6.45) is 1.77. The maximum absolute atomic E-state index is 13.2. The summed E-state index contributed by atoms with van der Waals surface area (Å²) in [5, 5.41) is 11.4. The normalized spacial score (nSPS) is 15.4. The van der Waals surface area contributed by atoms with Gasteiger partial charge in [-0.1, -0.05) is 6.07 Å². The minimum Gasteiger partial charge on any atom is -0.490 e. The fourth-order valence-electron chi connectivity index (χ4n) is 3.52. The average Bonchev–Trinajstić information content (AvgIpc) is 3.18. The van der Waals surface area contributed by atoms with E-state index in [1.54, 1.807) is 47.4 Å². The molecule has 0 radical (unpaired) electrons. The number of non-ortho nitro benzene ring substituents is 1. The Kier molecular flexibility index (Phi) is 8.19. The minimum absolute atomic E-state index is 0.0166. The molecule has 0 N–H and O–H groups in total. The first-order chi connectivity index (χ1) is 17.9.